The van der Waals surface area contributed by atoms with Crippen LogP contribution in [0.25, 0.3) is 5.43 Å². The predicted octanol–water partition coefficient (Wildman–Crippen LogP) is 1.07. The Labute approximate surface area is 169 Å². The molecule has 0 aliphatic heterocycles. The van der Waals surface area contributed by atoms with Gasteiger partial charge in [0.15, 0.2) is 0 Å². The third-order valence-electron chi connectivity index (χ3n) is 2.39. The van der Waals surface area contributed by atoms with Crippen LogP contribution in [0.4, 0.5) is 0 Å². The van der Waals surface area contributed by atoms with Crippen LogP contribution in [0.5, 0.6) is 5.75 Å². The predicted molar refractivity (Wildman–Crippen MR) is 94.3 cm³/mol. The van der Waals surface area contributed by atoms with E-state index in [1.165, 1.54) is 6.92 Å². The first kappa shape index (κ1) is 32.0. The Balaban J connectivity index is -0.000000302. The summed E-state index contributed by atoms with van der Waals surface area (Å²) in [7, 11) is 1.60. The zero-order chi connectivity index (χ0) is 17.1. The summed E-state index contributed by atoms with van der Waals surface area (Å²) in [5.41, 5.74) is 5.12. The normalized spacial score (nSPS) is 8.22. The van der Waals surface area contributed by atoms with Gasteiger partial charge in [0.2, 0.25) is 0 Å². The third-order valence-corrected chi connectivity index (χ3v) is 2.39. The molecule has 2 rings (SSSR count). The van der Waals surface area contributed by atoms with E-state index in [4.69, 9.17) is 14.6 Å². The first-order valence-electron chi connectivity index (χ1n) is 6.59. The number of pyridine rings is 1. The minimum Gasteiger partial charge on any atom is -0.870 e. The summed E-state index contributed by atoms with van der Waals surface area (Å²) in [4.78, 5) is 22.7. The molecule has 10 nitrogen and oxygen atoms in total. The van der Waals surface area contributed by atoms with Gasteiger partial charge in [-0.15, -0.1) is 0 Å². The molecular formula is C16H21N3O7Zn. The first-order valence-corrected chi connectivity index (χ1v) is 6.59. The van der Waals surface area contributed by atoms with Gasteiger partial charge in [0.05, 0.1) is 19.6 Å². The van der Waals surface area contributed by atoms with Gasteiger partial charge >= 0.3 is 25.4 Å². The molecule has 6 N–H and O–H groups in total. The van der Waals surface area contributed by atoms with Crippen molar-refractivity contribution in [2.24, 2.45) is 5.10 Å². The molecule has 0 saturated carbocycles. The van der Waals surface area contributed by atoms with Crippen molar-refractivity contribution in [3.8, 4) is 5.75 Å². The minimum absolute atomic E-state index is 0. The van der Waals surface area contributed by atoms with Crippen molar-refractivity contribution in [2.75, 3.05) is 7.11 Å². The van der Waals surface area contributed by atoms with Crippen LogP contribution in [0, 0.1) is 0 Å². The number of rotatable bonds is 4. The number of hydrogen-bond donors (Lipinski definition) is 0. The summed E-state index contributed by atoms with van der Waals surface area (Å²) < 4.78 is 5.10. The molecule has 27 heavy (non-hydrogen) atoms. The van der Waals surface area contributed by atoms with Crippen molar-refractivity contribution in [1.82, 2.24) is 4.98 Å². The average Bonchev–Trinajstić information content (AvgIpc) is 2.55. The fraction of sp³-hybridized carbons (Fsp3) is 0.125. The fourth-order valence-electron chi connectivity index (χ4n) is 1.43. The Morgan fingerprint density at radius 2 is 1.78 bits per heavy atom. The molecule has 144 valence electrons. The van der Waals surface area contributed by atoms with Crippen molar-refractivity contribution in [3.05, 3.63) is 65.3 Å². The summed E-state index contributed by atoms with van der Waals surface area (Å²) in [6.45, 7) is 1.19. The van der Waals surface area contributed by atoms with Crippen molar-refractivity contribution >= 4 is 18.1 Å². The van der Waals surface area contributed by atoms with Crippen molar-refractivity contribution in [2.45, 2.75) is 6.92 Å². The van der Waals surface area contributed by atoms with Gasteiger partial charge in [-0.25, -0.2) is 0 Å². The van der Waals surface area contributed by atoms with Gasteiger partial charge < -0.3 is 36.8 Å². The van der Waals surface area contributed by atoms with Crippen LogP contribution in [0.15, 0.2) is 53.9 Å². The molecule has 0 aliphatic carbocycles. The van der Waals surface area contributed by atoms with Crippen LogP contribution < -0.4 is 4.74 Å². The van der Waals surface area contributed by atoms with Gasteiger partial charge in [0.1, 0.15) is 5.75 Å². The Morgan fingerprint density at radius 3 is 2.30 bits per heavy atom. The maximum atomic E-state index is 9.68. The molecule has 0 bridgehead atoms. The maximum Gasteiger partial charge on any atom is 2.00 e. The van der Waals surface area contributed by atoms with Gasteiger partial charge in [-0.05, 0) is 29.8 Å². The molecule has 0 fully saturated rings. The van der Waals surface area contributed by atoms with E-state index in [1.807, 2.05) is 24.3 Å². The Hall–Kier alpha value is -2.72. The maximum absolute atomic E-state index is 9.68. The van der Waals surface area contributed by atoms with Gasteiger partial charge in [0, 0.05) is 23.4 Å². The van der Waals surface area contributed by atoms with E-state index in [1.54, 1.807) is 37.9 Å². The van der Waals surface area contributed by atoms with E-state index in [0.717, 1.165) is 11.3 Å². The zero-order valence-electron chi connectivity index (χ0n) is 14.9. The summed E-state index contributed by atoms with van der Waals surface area (Å²) in [6, 6.07) is 10.7. The van der Waals surface area contributed by atoms with Crippen LogP contribution in [0.1, 0.15) is 18.1 Å². The monoisotopic (exact) mass is 431 g/mol. The number of nitrogens with zero attached hydrogens (tertiary/aromatic N) is 3. The quantitative estimate of drug-likeness (QED) is 0.299. The summed E-state index contributed by atoms with van der Waals surface area (Å²) >= 11 is 0. The molecule has 0 unspecified atom stereocenters. The number of amides is 1. The summed E-state index contributed by atoms with van der Waals surface area (Å²) in [6.07, 6.45) is 4.69. The van der Waals surface area contributed by atoms with Crippen LogP contribution >= 0.6 is 0 Å². The summed E-state index contributed by atoms with van der Waals surface area (Å²) in [5.74, 6) is 0.00725. The molecule has 1 amide bonds. The number of benzene rings is 1. The molecule has 11 heteroatoms. The summed E-state index contributed by atoms with van der Waals surface area (Å²) in [5, 5.41) is 9.77. The van der Waals surface area contributed by atoms with Crippen LogP contribution in [0.2, 0.25) is 0 Å². The number of ether oxygens (including phenoxy) is 1. The number of methoxy groups -OCH3 is 1. The number of carbonyl (C=O) groups excluding carboxylic acids is 2. The van der Waals surface area contributed by atoms with E-state index >= 15 is 0 Å². The average molecular weight is 433 g/mol. The fourth-order valence-corrected chi connectivity index (χ4v) is 1.43. The van der Waals surface area contributed by atoms with Crippen molar-refractivity contribution in [3.63, 3.8) is 0 Å². The van der Waals surface area contributed by atoms with E-state index < -0.39 is 5.97 Å². The van der Waals surface area contributed by atoms with Gasteiger partial charge in [-0.3, -0.25) is 9.78 Å². The molecule has 2 aromatic rings. The molecule has 1 aromatic heterocycles. The molecule has 0 radical (unpaired) electrons. The molecule has 0 spiro atoms. The van der Waals surface area contributed by atoms with E-state index in [2.05, 4.69) is 15.5 Å². The molecule has 1 heterocycles. The molecule has 1 aromatic carbocycles. The number of aromatic nitrogens is 1. The van der Waals surface area contributed by atoms with Gasteiger partial charge in [0.25, 0.3) is 5.91 Å². The third kappa shape index (κ3) is 14.2. The molecule has 0 saturated heterocycles. The van der Waals surface area contributed by atoms with Crippen molar-refractivity contribution in [1.29, 1.82) is 0 Å². The second-order valence-electron chi connectivity index (χ2n) is 4.24. The zero-order valence-corrected chi connectivity index (χ0v) is 17.8. The molecular weight excluding hydrogens is 412 g/mol. The number of hydrogen-bond acceptors (Lipinski definition) is 7. The Bertz CT molecular complexity index is 681. The largest absolute Gasteiger partial charge is 2.00 e. The Morgan fingerprint density at radius 1 is 1.22 bits per heavy atom. The smallest absolute Gasteiger partial charge is 0.870 e. The van der Waals surface area contributed by atoms with Crippen LogP contribution in [0.3, 0.4) is 0 Å². The molecule has 0 aliphatic rings. The topological polar surface area (TPSA) is 200 Å². The SMILES string of the molecule is CC(=O)[OH2+].COc1cccc(C=N[N-]C(=[OH+])c2ccncc2)c1.[OH-].[OH-].[OH-].[Zn+2]. The standard InChI is InChI=1S/C14H13N3O2.C2H4O2.3H2O.Zn/c1-19-13-4-2-3-11(9-13)10-16-17-14(18)12-5-7-15-8-6-12;1-2(3)4;;;;/h2-10H,1H3,(H,17,18);1H3,(H,3,4);3*1H2;/q;;;;;+2/p-2. The van der Waals surface area contributed by atoms with E-state index in [-0.39, 0.29) is 41.8 Å². The van der Waals surface area contributed by atoms with Gasteiger partial charge in [-0.2, -0.15) is 0 Å². The first-order chi connectivity index (χ1) is 11.0. The second-order valence-corrected chi connectivity index (χ2v) is 4.24. The van der Waals surface area contributed by atoms with E-state index in [0.29, 0.717) is 5.56 Å². The van der Waals surface area contributed by atoms with Crippen LogP contribution in [-0.4, -0.2) is 56.5 Å². The number of carbonyl (C=O) groups is 1. The Kier molecular flexibility index (Phi) is 21.4. The second kappa shape index (κ2) is 18.1. The van der Waals surface area contributed by atoms with Crippen LogP contribution in [-0.2, 0) is 24.3 Å². The minimum atomic E-state index is -0.583. The molecule has 0 atom stereocenters. The van der Waals surface area contributed by atoms with Crippen molar-refractivity contribution < 1.29 is 55.3 Å². The van der Waals surface area contributed by atoms with E-state index in [9.17, 15) is 4.79 Å². The van der Waals surface area contributed by atoms with Gasteiger partial charge in [-0.1, -0.05) is 12.1 Å².